The van der Waals surface area contributed by atoms with Crippen molar-refractivity contribution in [2.24, 2.45) is 0 Å². The number of hydrogen-bond acceptors (Lipinski definition) is 0. The zero-order valence-corrected chi connectivity index (χ0v) is 8.96. The van der Waals surface area contributed by atoms with Crippen molar-refractivity contribution in [2.45, 2.75) is 0 Å². The molecule has 5 heavy (non-hydrogen) atoms. The maximum Gasteiger partial charge on any atom is 1.00 e. The summed E-state index contributed by atoms with van der Waals surface area (Å²) in [6.45, 7) is 0. The van der Waals surface area contributed by atoms with Gasteiger partial charge in [-0.2, -0.15) is 0 Å². The van der Waals surface area contributed by atoms with Gasteiger partial charge in [0, 0.05) is 0 Å². The summed E-state index contributed by atoms with van der Waals surface area (Å²) < 4.78 is 0. The minimum Gasteiger partial charge on any atom is -1.00 e. The molecule has 0 bridgehead atoms. The zero-order chi connectivity index (χ0) is 0. The van der Waals surface area contributed by atoms with Gasteiger partial charge in [0.15, 0.2) is 0 Å². The summed E-state index contributed by atoms with van der Waals surface area (Å²) in [6, 6.07) is 0. The first kappa shape index (κ1) is 42.1. The van der Waals surface area contributed by atoms with E-state index in [1.807, 2.05) is 0 Å². The van der Waals surface area contributed by atoms with E-state index in [0.29, 0.717) is 0 Å². The Kier molecular flexibility index (Phi) is 230. The second-order valence-electron chi connectivity index (χ2n) is 0. The molecule has 0 aromatic carbocycles. The van der Waals surface area contributed by atoms with Crippen molar-refractivity contribution in [1.82, 2.24) is 0 Å². The summed E-state index contributed by atoms with van der Waals surface area (Å²) in [4.78, 5) is 0. The predicted octanol–water partition coefficient (Wildman–Crippen LogP) is -13.3. The minimum absolute atomic E-state index is 0. The Morgan fingerprint density at radius 1 is 1.00 bits per heavy atom. The molecular formula is H5BBrLiNa2. The van der Waals surface area contributed by atoms with Gasteiger partial charge in [-0.05, 0) is 0 Å². The fourth-order valence-electron chi connectivity index (χ4n) is 0. The van der Waals surface area contributed by atoms with E-state index >= 15 is 0 Å². The quantitative estimate of drug-likeness (QED) is 0.300. The van der Waals surface area contributed by atoms with E-state index in [-0.39, 0.29) is 105 Å². The van der Waals surface area contributed by atoms with E-state index in [0.717, 1.165) is 0 Å². The third kappa shape index (κ3) is 19.1. The van der Waals surface area contributed by atoms with Gasteiger partial charge in [0.1, 0.15) is 0 Å². The molecule has 0 fully saturated rings. The van der Waals surface area contributed by atoms with Gasteiger partial charge < -0.3 is 18.4 Å². The molecule has 0 nitrogen and oxygen atoms in total. The van der Waals surface area contributed by atoms with Crippen LogP contribution in [0.5, 0.6) is 0 Å². The van der Waals surface area contributed by atoms with E-state index in [1.54, 1.807) is 0 Å². The molecule has 0 aromatic heterocycles. The SMILES string of the molecule is [BH4-].[Br-].[H-].[Li+].[Na+].[Na+]. The number of halogens is 1. The molecule has 0 atom stereocenters. The summed E-state index contributed by atoms with van der Waals surface area (Å²) in [7, 11) is 0. The Labute approximate surface area is 103 Å². The molecular weight excluding hydrogens is 144 g/mol. The van der Waals surface area contributed by atoms with Gasteiger partial charge >= 0.3 is 78.0 Å². The van der Waals surface area contributed by atoms with Crippen LogP contribution in [0.3, 0.4) is 0 Å². The van der Waals surface area contributed by atoms with Crippen LogP contribution < -0.4 is 95.0 Å². The monoisotopic (exact) mass is 148 g/mol. The van der Waals surface area contributed by atoms with Gasteiger partial charge in [0.2, 0.25) is 0 Å². The smallest absolute Gasteiger partial charge is 1.00 e. The predicted molar refractivity (Wildman–Crippen MR) is 12.4 cm³/mol. The molecule has 0 aliphatic carbocycles. The molecule has 0 aromatic rings. The van der Waals surface area contributed by atoms with Crippen LogP contribution in [0.4, 0.5) is 0 Å². The Morgan fingerprint density at radius 3 is 1.00 bits per heavy atom. The average molecular weight is 149 g/mol. The molecule has 5 heteroatoms. The first-order valence-electron chi connectivity index (χ1n) is 0. The van der Waals surface area contributed by atoms with Crippen molar-refractivity contribution in [3.8, 4) is 0 Å². The third-order valence-electron chi connectivity index (χ3n) is 0. The van der Waals surface area contributed by atoms with Crippen LogP contribution >= 0.6 is 0 Å². The van der Waals surface area contributed by atoms with Crippen molar-refractivity contribution in [1.29, 1.82) is 0 Å². The van der Waals surface area contributed by atoms with Crippen LogP contribution in [-0.2, 0) is 0 Å². The maximum atomic E-state index is 0. The summed E-state index contributed by atoms with van der Waals surface area (Å²) in [5, 5.41) is 0. The molecule has 0 N–H and O–H groups in total. The second kappa shape index (κ2) is 27.3. The fourth-order valence-corrected chi connectivity index (χ4v) is 0. The van der Waals surface area contributed by atoms with Crippen LogP contribution in [0.15, 0.2) is 0 Å². The van der Waals surface area contributed by atoms with Crippen molar-refractivity contribution in [3.05, 3.63) is 0 Å². The van der Waals surface area contributed by atoms with Gasteiger partial charge in [-0.25, -0.2) is 0 Å². The Hall–Kier alpha value is 3.14. The Bertz CT molecular complexity index is 13.5. The number of rotatable bonds is 0. The van der Waals surface area contributed by atoms with E-state index in [1.165, 1.54) is 0 Å². The van der Waals surface area contributed by atoms with Crippen molar-refractivity contribution in [2.75, 3.05) is 0 Å². The van der Waals surface area contributed by atoms with Gasteiger partial charge in [-0.1, -0.05) is 8.41 Å². The Morgan fingerprint density at radius 2 is 1.00 bits per heavy atom. The van der Waals surface area contributed by atoms with Crippen LogP contribution in [0.2, 0.25) is 0 Å². The first-order valence-corrected chi connectivity index (χ1v) is 0. The van der Waals surface area contributed by atoms with Crippen molar-refractivity contribution < 1.29 is 96.4 Å². The molecule has 0 rings (SSSR count). The molecule has 0 radical (unpaired) electrons. The molecule has 18 valence electrons. The summed E-state index contributed by atoms with van der Waals surface area (Å²) in [5.41, 5.74) is 0. The zero-order valence-electron chi connectivity index (χ0n) is 4.38. The van der Waals surface area contributed by atoms with Gasteiger partial charge in [-0.15, -0.1) is 0 Å². The minimum atomic E-state index is 0. The average Bonchev–Trinajstić information content (AvgIpc) is 0. The second-order valence-corrected chi connectivity index (χ2v) is 0. The number of hydrogen-bond donors (Lipinski definition) is 0. The molecule has 0 saturated heterocycles. The first-order chi connectivity index (χ1) is 0. The largest absolute Gasteiger partial charge is 1.00 e. The summed E-state index contributed by atoms with van der Waals surface area (Å²) in [5.74, 6) is 0. The molecule has 0 aliphatic rings. The van der Waals surface area contributed by atoms with E-state index in [9.17, 15) is 0 Å². The molecule has 0 aliphatic heterocycles. The van der Waals surface area contributed by atoms with Crippen molar-refractivity contribution in [3.63, 3.8) is 0 Å². The molecule has 0 spiro atoms. The normalized spacial score (nSPS) is 0. The fraction of sp³-hybridized carbons (Fsp3) is 0. The summed E-state index contributed by atoms with van der Waals surface area (Å²) in [6.07, 6.45) is 0. The van der Waals surface area contributed by atoms with Crippen LogP contribution in [0, 0.1) is 0 Å². The molecule has 0 amide bonds. The molecule has 0 heterocycles. The van der Waals surface area contributed by atoms with E-state index in [2.05, 4.69) is 0 Å². The van der Waals surface area contributed by atoms with Crippen LogP contribution in [-0.4, -0.2) is 8.41 Å². The van der Waals surface area contributed by atoms with Gasteiger partial charge in [-0.3, -0.25) is 0 Å². The summed E-state index contributed by atoms with van der Waals surface area (Å²) >= 11 is 0. The van der Waals surface area contributed by atoms with Crippen LogP contribution in [0.1, 0.15) is 1.43 Å². The molecule has 0 unspecified atom stereocenters. The van der Waals surface area contributed by atoms with Gasteiger partial charge in [0.25, 0.3) is 0 Å². The van der Waals surface area contributed by atoms with Crippen LogP contribution in [0.25, 0.3) is 0 Å². The Balaban J connectivity index is 0. The maximum absolute atomic E-state index is 0. The standard InChI is InChI=1S/BH4.BrH.Li.2Na.H/h1H4;1H;;;;/q-1;;3*+1;-1/p-1. The van der Waals surface area contributed by atoms with E-state index < -0.39 is 0 Å². The molecule has 0 saturated carbocycles. The third-order valence-corrected chi connectivity index (χ3v) is 0. The van der Waals surface area contributed by atoms with Gasteiger partial charge in [0.05, 0.1) is 0 Å². The van der Waals surface area contributed by atoms with Crippen molar-refractivity contribution >= 4 is 8.41 Å². The topological polar surface area (TPSA) is 0 Å². The van der Waals surface area contributed by atoms with E-state index in [4.69, 9.17) is 0 Å².